The number of aliphatic carboxylic acids is 1. The van der Waals surface area contributed by atoms with Gasteiger partial charge in [-0.1, -0.05) is 0 Å². The molecule has 0 unspecified atom stereocenters. The third-order valence-corrected chi connectivity index (χ3v) is 1.05. The summed E-state index contributed by atoms with van der Waals surface area (Å²) in [5.41, 5.74) is 0.544. The van der Waals surface area contributed by atoms with Crippen LogP contribution in [0.25, 0.3) is 0 Å². The van der Waals surface area contributed by atoms with E-state index in [-0.39, 0.29) is 0 Å². The Morgan fingerprint density at radius 2 is 2.30 bits per heavy atom. The summed E-state index contributed by atoms with van der Waals surface area (Å²) in [4.78, 5) is 10.1. The molecule has 0 radical (unpaired) electrons. The van der Waals surface area contributed by atoms with Crippen molar-refractivity contribution in [2.45, 2.75) is 6.92 Å². The van der Waals surface area contributed by atoms with Gasteiger partial charge >= 0.3 is 5.97 Å². The number of rotatable bonds is 3. The summed E-state index contributed by atoms with van der Waals surface area (Å²) in [6, 6.07) is 0. The number of carbonyl (C=O) groups is 1. The smallest absolute Gasteiger partial charge is 0.330 e. The second-order valence-corrected chi connectivity index (χ2v) is 1.79. The highest BCUT2D eigenvalue weighted by Gasteiger charge is 1.96. The van der Waals surface area contributed by atoms with Crippen LogP contribution in [0.2, 0.25) is 0 Å². The second kappa shape index (κ2) is 3.66. The van der Waals surface area contributed by atoms with Gasteiger partial charge in [-0.05, 0) is 6.92 Å². The zero-order valence-corrected chi connectivity index (χ0v) is 6.03. The molecule has 0 saturated heterocycles. The molecule has 0 aliphatic rings. The Balaban J connectivity index is 4.18. The van der Waals surface area contributed by atoms with Crippen molar-refractivity contribution in [3.05, 3.63) is 11.8 Å². The van der Waals surface area contributed by atoms with Gasteiger partial charge in [-0.25, -0.2) is 4.79 Å². The van der Waals surface area contributed by atoms with Gasteiger partial charge in [0.15, 0.2) is 0 Å². The van der Waals surface area contributed by atoms with Gasteiger partial charge in [0.25, 0.3) is 0 Å². The van der Waals surface area contributed by atoms with E-state index in [2.05, 4.69) is 11.8 Å². The number of nitrogens with zero attached hydrogens (tertiary/aromatic N) is 2. The van der Waals surface area contributed by atoms with Gasteiger partial charge in [0.2, 0.25) is 0 Å². The number of hydrogen-bond acceptors (Lipinski definition) is 3. The van der Waals surface area contributed by atoms with Crippen molar-refractivity contribution in [3.63, 3.8) is 0 Å². The van der Waals surface area contributed by atoms with E-state index in [1.54, 1.807) is 14.0 Å². The van der Waals surface area contributed by atoms with Crippen molar-refractivity contribution in [1.29, 1.82) is 0 Å². The maximum Gasteiger partial charge on any atom is 0.330 e. The Morgan fingerprint density at radius 3 is 2.60 bits per heavy atom. The summed E-state index contributed by atoms with van der Waals surface area (Å²) < 4.78 is 0. The molecule has 0 rings (SSSR count). The van der Waals surface area contributed by atoms with Crippen LogP contribution in [0.1, 0.15) is 6.92 Å². The third-order valence-electron chi connectivity index (χ3n) is 1.05. The molecule has 0 saturated carbocycles. The van der Waals surface area contributed by atoms with Crippen molar-refractivity contribution in [2.24, 2.45) is 5.10 Å². The first kappa shape index (κ1) is 8.68. The van der Waals surface area contributed by atoms with Gasteiger partial charge in [-0.15, -0.1) is 0 Å². The maximum absolute atomic E-state index is 10.1. The molecule has 0 bridgehead atoms. The van der Waals surface area contributed by atoms with Crippen LogP contribution >= 0.6 is 0 Å². The molecule has 0 aliphatic carbocycles. The molecular formula is C6H10N2O2. The quantitative estimate of drug-likeness (QED) is 0.355. The summed E-state index contributed by atoms with van der Waals surface area (Å²) in [6.07, 6.45) is 1.06. The standard InChI is InChI=1S/C6H10N2O2/c1-5(4-6(9)10)8(3)7-2/h4H,2H2,1,3H3,(H,9,10)/b5-4+. The maximum atomic E-state index is 10.1. The molecule has 0 aromatic rings. The lowest BCUT2D eigenvalue weighted by atomic mass is 10.4. The lowest BCUT2D eigenvalue weighted by molar-refractivity contribution is -0.131. The third kappa shape index (κ3) is 2.86. The SMILES string of the molecule is C=NN(C)/C(C)=C/C(=O)O. The van der Waals surface area contributed by atoms with E-state index in [0.29, 0.717) is 5.70 Å². The summed E-state index contributed by atoms with van der Waals surface area (Å²) >= 11 is 0. The molecule has 0 aromatic heterocycles. The highest BCUT2D eigenvalue weighted by atomic mass is 16.4. The summed E-state index contributed by atoms with van der Waals surface area (Å²) in [6.45, 7) is 4.87. The van der Waals surface area contributed by atoms with Gasteiger partial charge in [-0.3, -0.25) is 5.01 Å². The van der Waals surface area contributed by atoms with E-state index < -0.39 is 5.97 Å². The van der Waals surface area contributed by atoms with Gasteiger partial charge in [-0.2, -0.15) is 5.10 Å². The average molecular weight is 142 g/mol. The van der Waals surface area contributed by atoms with Crippen LogP contribution < -0.4 is 0 Å². The lowest BCUT2D eigenvalue weighted by Crippen LogP contribution is -2.08. The summed E-state index contributed by atoms with van der Waals surface area (Å²) in [5, 5.41) is 13.1. The molecule has 10 heavy (non-hydrogen) atoms. The van der Waals surface area contributed by atoms with Crippen LogP contribution in [0.3, 0.4) is 0 Å². The fourth-order valence-corrected chi connectivity index (χ4v) is 0.384. The summed E-state index contributed by atoms with van der Waals surface area (Å²) in [7, 11) is 1.63. The highest BCUT2D eigenvalue weighted by Crippen LogP contribution is 1.97. The highest BCUT2D eigenvalue weighted by molar-refractivity contribution is 5.80. The monoisotopic (exact) mass is 142 g/mol. The van der Waals surface area contributed by atoms with Crippen molar-refractivity contribution in [1.82, 2.24) is 5.01 Å². The van der Waals surface area contributed by atoms with Crippen molar-refractivity contribution in [3.8, 4) is 0 Å². The Hall–Kier alpha value is -1.32. The van der Waals surface area contributed by atoms with Gasteiger partial charge in [0.05, 0.1) is 0 Å². The largest absolute Gasteiger partial charge is 0.478 e. The van der Waals surface area contributed by atoms with Gasteiger partial charge in [0.1, 0.15) is 0 Å². The van der Waals surface area contributed by atoms with E-state index in [1.165, 1.54) is 5.01 Å². The predicted molar refractivity (Wildman–Crippen MR) is 38.7 cm³/mol. The number of hydrogen-bond donors (Lipinski definition) is 1. The van der Waals surface area contributed by atoms with E-state index in [4.69, 9.17) is 5.11 Å². The molecule has 0 fully saturated rings. The predicted octanol–water partition coefficient (Wildman–Crippen LogP) is 0.522. The van der Waals surface area contributed by atoms with Crippen LogP contribution in [-0.2, 0) is 4.79 Å². The minimum Gasteiger partial charge on any atom is -0.478 e. The van der Waals surface area contributed by atoms with Gasteiger partial charge in [0, 0.05) is 25.5 Å². The number of allylic oxidation sites excluding steroid dienone is 1. The fraction of sp³-hybridized carbons (Fsp3) is 0.333. The van der Waals surface area contributed by atoms with Crippen molar-refractivity contribution < 1.29 is 9.90 Å². The molecule has 4 heteroatoms. The molecule has 0 aliphatic heterocycles. The molecule has 0 heterocycles. The van der Waals surface area contributed by atoms with Crippen LogP contribution in [-0.4, -0.2) is 29.8 Å². The zero-order chi connectivity index (χ0) is 8.15. The average Bonchev–Trinajstić information content (AvgIpc) is 1.85. The molecule has 0 atom stereocenters. The van der Waals surface area contributed by atoms with Crippen LogP contribution in [0.5, 0.6) is 0 Å². The topological polar surface area (TPSA) is 52.9 Å². The molecule has 4 nitrogen and oxygen atoms in total. The van der Waals surface area contributed by atoms with E-state index >= 15 is 0 Å². The molecule has 0 spiro atoms. The first-order valence-electron chi connectivity index (χ1n) is 2.69. The minimum atomic E-state index is -0.979. The van der Waals surface area contributed by atoms with E-state index in [9.17, 15) is 4.79 Å². The number of carboxylic acids is 1. The molecule has 56 valence electrons. The normalized spacial score (nSPS) is 10.8. The molecule has 0 aromatic carbocycles. The van der Waals surface area contributed by atoms with Crippen molar-refractivity contribution >= 4 is 12.7 Å². The fourth-order valence-electron chi connectivity index (χ4n) is 0.384. The Morgan fingerprint density at radius 1 is 1.80 bits per heavy atom. The Kier molecular flexibility index (Phi) is 3.17. The molecule has 1 N–H and O–H groups in total. The first-order valence-corrected chi connectivity index (χ1v) is 2.69. The zero-order valence-electron chi connectivity index (χ0n) is 6.03. The van der Waals surface area contributed by atoms with Crippen molar-refractivity contribution in [2.75, 3.05) is 7.05 Å². The summed E-state index contributed by atoms with van der Waals surface area (Å²) in [5.74, 6) is -0.979. The van der Waals surface area contributed by atoms with Crippen LogP contribution in [0.15, 0.2) is 16.9 Å². The van der Waals surface area contributed by atoms with E-state index in [0.717, 1.165) is 6.08 Å². The Bertz CT molecular complexity index is 175. The lowest BCUT2D eigenvalue weighted by Gasteiger charge is -2.10. The second-order valence-electron chi connectivity index (χ2n) is 1.79. The van der Waals surface area contributed by atoms with E-state index in [1.807, 2.05) is 0 Å². The Labute approximate surface area is 59.5 Å². The van der Waals surface area contributed by atoms with Crippen LogP contribution in [0, 0.1) is 0 Å². The molecule has 0 amide bonds. The number of carboxylic acid groups (broad SMARTS) is 1. The molecular weight excluding hydrogens is 132 g/mol. The number of hydrazone groups is 1. The van der Waals surface area contributed by atoms with Gasteiger partial charge < -0.3 is 5.11 Å². The van der Waals surface area contributed by atoms with Crippen LogP contribution in [0.4, 0.5) is 0 Å². The minimum absolute atomic E-state index is 0.544. The first-order chi connectivity index (χ1) is 4.57.